The first-order chi connectivity index (χ1) is 9.60. The molecule has 1 fully saturated rings. The number of hydrogen-bond acceptors (Lipinski definition) is 2. The van der Waals surface area contributed by atoms with Crippen LogP contribution in [-0.2, 0) is 13.1 Å². The molecule has 2 aromatic rings. The third kappa shape index (κ3) is 2.32. The summed E-state index contributed by atoms with van der Waals surface area (Å²) in [6, 6.07) is 0. The Morgan fingerprint density at radius 1 is 1.40 bits per heavy atom. The van der Waals surface area contributed by atoms with Gasteiger partial charge in [-0.2, -0.15) is 5.10 Å². The van der Waals surface area contributed by atoms with Crippen molar-refractivity contribution in [2.24, 2.45) is 11.8 Å². The first-order valence-corrected chi connectivity index (χ1v) is 8.16. The standard InChI is InChI=1S/C15H24N4S/c1-4-19-14-13(11(3)17-19)16-15(20)18(14)9-12-7-5-6-10(2)8-12/h10,12H,4-9H2,1-3H3,(H,16,20). The van der Waals surface area contributed by atoms with Gasteiger partial charge in [-0.05, 0) is 50.7 Å². The normalized spacial score (nSPS) is 23.6. The lowest BCUT2D eigenvalue weighted by Crippen LogP contribution is -2.19. The van der Waals surface area contributed by atoms with Crippen LogP contribution in [0.5, 0.6) is 0 Å². The molecule has 0 spiro atoms. The number of aromatic nitrogens is 4. The number of fused-ring (bicyclic) bond motifs is 1. The monoisotopic (exact) mass is 292 g/mol. The van der Waals surface area contributed by atoms with E-state index in [2.05, 4.69) is 33.2 Å². The van der Waals surface area contributed by atoms with E-state index in [0.29, 0.717) is 0 Å². The summed E-state index contributed by atoms with van der Waals surface area (Å²) in [5.74, 6) is 1.61. The number of H-pyrrole nitrogens is 1. The lowest BCUT2D eigenvalue weighted by molar-refractivity contribution is 0.257. The Morgan fingerprint density at radius 3 is 2.90 bits per heavy atom. The minimum absolute atomic E-state index is 0.755. The van der Waals surface area contributed by atoms with Gasteiger partial charge in [0.2, 0.25) is 0 Å². The van der Waals surface area contributed by atoms with Crippen molar-refractivity contribution in [1.82, 2.24) is 19.3 Å². The number of aromatic amines is 1. The van der Waals surface area contributed by atoms with Crippen LogP contribution in [0.3, 0.4) is 0 Å². The van der Waals surface area contributed by atoms with Crippen molar-refractivity contribution in [2.45, 2.75) is 59.5 Å². The molecule has 0 radical (unpaired) electrons. The summed E-state index contributed by atoms with van der Waals surface area (Å²) in [6.45, 7) is 8.48. The van der Waals surface area contributed by atoms with Gasteiger partial charge >= 0.3 is 0 Å². The second kappa shape index (κ2) is 5.35. The van der Waals surface area contributed by atoms with E-state index in [1.165, 1.54) is 31.3 Å². The van der Waals surface area contributed by atoms with Crippen LogP contribution in [-0.4, -0.2) is 19.3 Å². The highest BCUT2D eigenvalue weighted by molar-refractivity contribution is 7.71. The van der Waals surface area contributed by atoms with Crippen molar-refractivity contribution in [3.63, 3.8) is 0 Å². The second-order valence-electron chi connectivity index (χ2n) is 6.28. The highest BCUT2D eigenvalue weighted by Gasteiger charge is 2.22. The molecule has 0 saturated heterocycles. The minimum Gasteiger partial charge on any atom is -0.328 e. The van der Waals surface area contributed by atoms with Gasteiger partial charge in [-0.15, -0.1) is 0 Å². The molecule has 0 amide bonds. The van der Waals surface area contributed by atoms with Crippen LogP contribution in [0.2, 0.25) is 0 Å². The molecule has 1 aliphatic carbocycles. The van der Waals surface area contributed by atoms with Gasteiger partial charge in [0.25, 0.3) is 0 Å². The average Bonchev–Trinajstić information content (AvgIpc) is 2.89. The zero-order valence-electron chi connectivity index (χ0n) is 12.6. The predicted molar refractivity (Wildman–Crippen MR) is 84.4 cm³/mol. The third-order valence-electron chi connectivity index (χ3n) is 4.62. The first kappa shape index (κ1) is 13.9. The number of rotatable bonds is 3. The fourth-order valence-corrected chi connectivity index (χ4v) is 3.90. The van der Waals surface area contributed by atoms with Crippen LogP contribution in [0.1, 0.15) is 45.2 Å². The average molecular weight is 292 g/mol. The molecule has 20 heavy (non-hydrogen) atoms. The minimum atomic E-state index is 0.755. The molecule has 0 aliphatic heterocycles. The Morgan fingerprint density at radius 2 is 2.20 bits per heavy atom. The van der Waals surface area contributed by atoms with E-state index < -0.39 is 0 Å². The van der Waals surface area contributed by atoms with E-state index in [1.54, 1.807) is 0 Å². The maximum absolute atomic E-state index is 5.54. The maximum atomic E-state index is 5.54. The summed E-state index contributed by atoms with van der Waals surface area (Å²) in [4.78, 5) is 3.35. The molecular weight excluding hydrogens is 268 g/mol. The molecule has 0 aromatic carbocycles. The molecule has 0 bridgehead atoms. The molecule has 2 unspecified atom stereocenters. The van der Waals surface area contributed by atoms with Gasteiger partial charge < -0.3 is 9.55 Å². The van der Waals surface area contributed by atoms with Crippen molar-refractivity contribution in [3.05, 3.63) is 10.5 Å². The van der Waals surface area contributed by atoms with Crippen molar-refractivity contribution >= 4 is 23.4 Å². The first-order valence-electron chi connectivity index (χ1n) is 7.76. The lowest BCUT2D eigenvalue weighted by Gasteiger charge is -2.27. The van der Waals surface area contributed by atoms with Crippen LogP contribution in [0.15, 0.2) is 0 Å². The van der Waals surface area contributed by atoms with Crippen molar-refractivity contribution in [3.8, 4) is 0 Å². The Labute approximate surface area is 125 Å². The van der Waals surface area contributed by atoms with Crippen molar-refractivity contribution in [1.29, 1.82) is 0 Å². The number of imidazole rings is 1. The van der Waals surface area contributed by atoms with E-state index in [-0.39, 0.29) is 0 Å². The largest absolute Gasteiger partial charge is 0.328 e. The Bertz CT molecular complexity index is 663. The van der Waals surface area contributed by atoms with Crippen molar-refractivity contribution < 1.29 is 0 Å². The summed E-state index contributed by atoms with van der Waals surface area (Å²) in [7, 11) is 0. The van der Waals surface area contributed by atoms with Gasteiger partial charge in [-0.25, -0.2) is 4.68 Å². The van der Waals surface area contributed by atoms with Gasteiger partial charge in [0, 0.05) is 13.1 Å². The molecule has 4 nitrogen and oxygen atoms in total. The van der Waals surface area contributed by atoms with Gasteiger partial charge in [0.1, 0.15) is 5.52 Å². The van der Waals surface area contributed by atoms with E-state index in [9.17, 15) is 0 Å². The number of hydrogen-bond donors (Lipinski definition) is 1. The Kier molecular flexibility index (Phi) is 3.71. The van der Waals surface area contributed by atoms with E-state index in [0.717, 1.165) is 40.9 Å². The molecule has 1 aliphatic rings. The quantitative estimate of drug-likeness (QED) is 0.867. The highest BCUT2D eigenvalue weighted by atomic mass is 32.1. The topological polar surface area (TPSA) is 38.5 Å². The van der Waals surface area contributed by atoms with Gasteiger partial charge in [-0.3, -0.25) is 0 Å². The summed E-state index contributed by atoms with van der Waals surface area (Å²) in [5, 5.41) is 4.60. The van der Waals surface area contributed by atoms with E-state index in [1.807, 2.05) is 6.92 Å². The predicted octanol–water partition coefficient (Wildman–Crippen LogP) is 4.05. The number of nitrogens with zero attached hydrogens (tertiary/aromatic N) is 3. The summed E-state index contributed by atoms with van der Waals surface area (Å²) >= 11 is 5.54. The fraction of sp³-hybridized carbons (Fsp3) is 0.733. The number of nitrogens with one attached hydrogen (secondary N) is 1. The maximum Gasteiger partial charge on any atom is 0.179 e. The molecule has 2 atom stereocenters. The molecule has 110 valence electrons. The molecule has 5 heteroatoms. The van der Waals surface area contributed by atoms with Crippen LogP contribution in [0.4, 0.5) is 0 Å². The van der Waals surface area contributed by atoms with Gasteiger partial charge in [0.05, 0.1) is 5.69 Å². The van der Waals surface area contributed by atoms with Crippen LogP contribution in [0.25, 0.3) is 11.2 Å². The highest BCUT2D eigenvalue weighted by Crippen LogP contribution is 2.31. The molecule has 2 heterocycles. The molecule has 1 N–H and O–H groups in total. The lowest BCUT2D eigenvalue weighted by atomic mass is 9.82. The summed E-state index contributed by atoms with van der Waals surface area (Å²) in [5.41, 5.74) is 3.33. The third-order valence-corrected chi connectivity index (χ3v) is 4.94. The molecule has 3 rings (SSSR count). The second-order valence-corrected chi connectivity index (χ2v) is 6.67. The molecule has 1 saturated carbocycles. The van der Waals surface area contributed by atoms with Crippen LogP contribution >= 0.6 is 12.2 Å². The van der Waals surface area contributed by atoms with Gasteiger partial charge in [-0.1, -0.05) is 19.8 Å². The zero-order valence-corrected chi connectivity index (χ0v) is 13.5. The molecule has 2 aromatic heterocycles. The fourth-order valence-electron chi connectivity index (χ4n) is 3.63. The Hall–Kier alpha value is -1.10. The number of aryl methyl sites for hydroxylation is 2. The van der Waals surface area contributed by atoms with Crippen molar-refractivity contribution in [2.75, 3.05) is 0 Å². The zero-order chi connectivity index (χ0) is 14.3. The van der Waals surface area contributed by atoms with E-state index in [4.69, 9.17) is 12.2 Å². The SMILES string of the molecule is CCn1nc(C)c2[nH]c(=S)n(CC3CCCC(C)C3)c21. The van der Waals surface area contributed by atoms with Crippen LogP contribution in [0, 0.1) is 23.5 Å². The van der Waals surface area contributed by atoms with Crippen LogP contribution < -0.4 is 0 Å². The van der Waals surface area contributed by atoms with E-state index >= 15 is 0 Å². The van der Waals surface area contributed by atoms with Gasteiger partial charge in [0.15, 0.2) is 10.4 Å². The summed E-state index contributed by atoms with van der Waals surface area (Å²) < 4.78 is 5.20. The molecular formula is C15H24N4S. The summed E-state index contributed by atoms with van der Waals surface area (Å²) in [6.07, 6.45) is 5.40. The Balaban J connectivity index is 1.98. The smallest absolute Gasteiger partial charge is 0.179 e.